The highest BCUT2D eigenvalue weighted by molar-refractivity contribution is 5.94. The van der Waals surface area contributed by atoms with Crippen LogP contribution in [0.1, 0.15) is 21.5 Å². The number of ether oxygens (including phenoxy) is 2. The highest BCUT2D eigenvalue weighted by Gasteiger charge is 2.08. The molecule has 0 aliphatic heterocycles. The molecule has 0 bridgehead atoms. The second kappa shape index (κ2) is 9.78. The summed E-state index contributed by atoms with van der Waals surface area (Å²) in [4.78, 5) is 26.1. The van der Waals surface area contributed by atoms with Gasteiger partial charge < -0.3 is 9.47 Å². The van der Waals surface area contributed by atoms with Gasteiger partial charge in [-0.25, -0.2) is 5.43 Å². The van der Waals surface area contributed by atoms with Crippen LogP contribution in [0.2, 0.25) is 0 Å². The zero-order chi connectivity index (χ0) is 21.3. The van der Waals surface area contributed by atoms with E-state index < -0.39 is 4.92 Å². The monoisotopic (exact) mass is 406 g/mol. The first kappa shape index (κ1) is 20.5. The van der Waals surface area contributed by atoms with Crippen molar-refractivity contribution < 1.29 is 19.2 Å². The number of amides is 1. The van der Waals surface area contributed by atoms with Crippen LogP contribution in [0.3, 0.4) is 0 Å². The van der Waals surface area contributed by atoms with Crippen LogP contribution in [-0.4, -0.2) is 29.1 Å². The Hall–Kier alpha value is -4.27. The normalized spacial score (nSPS) is 10.6. The Kier molecular flexibility index (Phi) is 6.67. The first-order valence-corrected chi connectivity index (χ1v) is 8.84. The van der Waals surface area contributed by atoms with Crippen molar-refractivity contribution in [2.75, 3.05) is 7.11 Å². The minimum absolute atomic E-state index is 0.0241. The average Bonchev–Trinajstić information content (AvgIpc) is 2.78. The van der Waals surface area contributed by atoms with Crippen molar-refractivity contribution in [3.8, 4) is 11.5 Å². The Balaban J connectivity index is 1.61. The van der Waals surface area contributed by atoms with E-state index in [0.29, 0.717) is 22.6 Å². The number of hydrazone groups is 1. The van der Waals surface area contributed by atoms with Crippen LogP contribution in [0.5, 0.6) is 11.5 Å². The van der Waals surface area contributed by atoms with E-state index >= 15 is 0 Å². The van der Waals surface area contributed by atoms with Crippen LogP contribution in [0, 0.1) is 10.1 Å². The van der Waals surface area contributed by atoms with E-state index in [1.807, 2.05) is 0 Å². The molecule has 0 unspecified atom stereocenters. The molecule has 0 saturated carbocycles. The molecule has 0 aliphatic carbocycles. The summed E-state index contributed by atoms with van der Waals surface area (Å²) in [6, 6.07) is 14.5. The molecule has 9 nitrogen and oxygen atoms in total. The zero-order valence-electron chi connectivity index (χ0n) is 16.0. The van der Waals surface area contributed by atoms with E-state index in [2.05, 4.69) is 15.5 Å². The number of pyridine rings is 1. The Morgan fingerprint density at radius 1 is 1.13 bits per heavy atom. The van der Waals surface area contributed by atoms with Crippen LogP contribution < -0.4 is 14.9 Å². The quantitative estimate of drug-likeness (QED) is 0.348. The molecule has 0 fully saturated rings. The van der Waals surface area contributed by atoms with Gasteiger partial charge in [0.05, 0.1) is 18.2 Å². The van der Waals surface area contributed by atoms with Gasteiger partial charge in [0.1, 0.15) is 6.61 Å². The highest BCUT2D eigenvalue weighted by atomic mass is 16.6. The third kappa shape index (κ3) is 5.38. The van der Waals surface area contributed by atoms with Gasteiger partial charge in [-0.1, -0.05) is 0 Å². The fraction of sp³-hybridized carbons (Fsp3) is 0.0952. The van der Waals surface area contributed by atoms with Gasteiger partial charge in [0.15, 0.2) is 11.5 Å². The molecule has 0 atom stereocenters. The fourth-order valence-electron chi connectivity index (χ4n) is 2.49. The summed E-state index contributed by atoms with van der Waals surface area (Å²) in [5.41, 5.74) is 4.40. The van der Waals surface area contributed by atoms with E-state index in [-0.39, 0.29) is 18.2 Å². The van der Waals surface area contributed by atoms with E-state index in [0.717, 1.165) is 5.56 Å². The Bertz CT molecular complexity index is 1050. The number of nitro groups is 1. The van der Waals surface area contributed by atoms with E-state index in [9.17, 15) is 14.9 Å². The number of nitro benzene ring substituents is 1. The molecule has 0 radical (unpaired) electrons. The molecule has 1 amide bonds. The third-order valence-electron chi connectivity index (χ3n) is 4.05. The molecule has 0 saturated heterocycles. The number of carbonyl (C=O) groups is 1. The number of hydrogen-bond donors (Lipinski definition) is 1. The summed E-state index contributed by atoms with van der Waals surface area (Å²) in [6.45, 7) is 0.226. The molecular weight excluding hydrogens is 388 g/mol. The molecule has 1 heterocycles. The predicted molar refractivity (Wildman–Crippen MR) is 110 cm³/mol. The van der Waals surface area contributed by atoms with Gasteiger partial charge >= 0.3 is 0 Å². The van der Waals surface area contributed by atoms with Gasteiger partial charge in [-0.05, 0) is 53.6 Å². The molecule has 3 rings (SSSR count). The van der Waals surface area contributed by atoms with E-state index in [1.165, 1.54) is 37.9 Å². The van der Waals surface area contributed by atoms with Crippen molar-refractivity contribution >= 4 is 17.8 Å². The van der Waals surface area contributed by atoms with Gasteiger partial charge in [-0.15, -0.1) is 0 Å². The summed E-state index contributed by atoms with van der Waals surface area (Å²) < 4.78 is 11.1. The molecule has 0 aliphatic rings. The van der Waals surface area contributed by atoms with Crippen molar-refractivity contribution in [3.63, 3.8) is 0 Å². The largest absolute Gasteiger partial charge is 0.493 e. The summed E-state index contributed by atoms with van der Waals surface area (Å²) in [5.74, 6) is 0.652. The van der Waals surface area contributed by atoms with Crippen LogP contribution in [0.15, 0.2) is 72.1 Å². The van der Waals surface area contributed by atoms with Crippen molar-refractivity contribution in [1.29, 1.82) is 0 Å². The van der Waals surface area contributed by atoms with Crippen molar-refractivity contribution in [1.82, 2.24) is 10.4 Å². The highest BCUT2D eigenvalue weighted by Crippen LogP contribution is 2.28. The first-order chi connectivity index (χ1) is 14.6. The van der Waals surface area contributed by atoms with Crippen LogP contribution in [-0.2, 0) is 6.61 Å². The Morgan fingerprint density at radius 3 is 2.53 bits per heavy atom. The molecule has 1 N–H and O–H groups in total. The topological polar surface area (TPSA) is 116 Å². The first-order valence-electron chi connectivity index (χ1n) is 8.84. The lowest BCUT2D eigenvalue weighted by Crippen LogP contribution is -2.17. The van der Waals surface area contributed by atoms with Crippen molar-refractivity contribution in [2.45, 2.75) is 6.61 Å². The number of non-ortho nitro benzene ring substituents is 1. The number of benzene rings is 2. The summed E-state index contributed by atoms with van der Waals surface area (Å²) in [7, 11) is 1.51. The average molecular weight is 406 g/mol. The predicted octanol–water partition coefficient (Wildman–Crippen LogP) is 3.34. The van der Waals surface area contributed by atoms with Crippen molar-refractivity contribution in [3.05, 3.63) is 93.8 Å². The smallest absolute Gasteiger partial charge is 0.271 e. The molecule has 2 aromatic carbocycles. The van der Waals surface area contributed by atoms with Gasteiger partial charge in [-0.2, -0.15) is 5.10 Å². The van der Waals surface area contributed by atoms with Crippen LogP contribution in [0.25, 0.3) is 0 Å². The third-order valence-corrected chi connectivity index (χ3v) is 4.05. The molecule has 9 heteroatoms. The fourth-order valence-corrected chi connectivity index (χ4v) is 2.49. The lowest BCUT2D eigenvalue weighted by molar-refractivity contribution is -0.384. The summed E-state index contributed by atoms with van der Waals surface area (Å²) in [5, 5.41) is 14.7. The SMILES string of the molecule is COc1cc(/C=N\NC(=O)c2ccncc2)ccc1OCc1ccc([N+](=O)[O-])cc1. The van der Waals surface area contributed by atoms with Crippen molar-refractivity contribution in [2.24, 2.45) is 5.10 Å². The van der Waals surface area contributed by atoms with Crippen LogP contribution >= 0.6 is 0 Å². The lowest BCUT2D eigenvalue weighted by atomic mass is 10.2. The van der Waals surface area contributed by atoms with Gasteiger partial charge in [-0.3, -0.25) is 19.9 Å². The minimum atomic E-state index is -0.451. The number of hydrogen-bond acceptors (Lipinski definition) is 7. The summed E-state index contributed by atoms with van der Waals surface area (Å²) in [6.07, 6.45) is 4.54. The maximum atomic E-state index is 12.0. The zero-order valence-corrected chi connectivity index (χ0v) is 16.0. The second-order valence-corrected chi connectivity index (χ2v) is 6.06. The summed E-state index contributed by atoms with van der Waals surface area (Å²) >= 11 is 0. The maximum Gasteiger partial charge on any atom is 0.271 e. The Labute approximate surface area is 172 Å². The number of rotatable bonds is 8. The maximum absolute atomic E-state index is 12.0. The number of nitrogens with one attached hydrogen (secondary N) is 1. The van der Waals surface area contributed by atoms with Gasteiger partial charge in [0.25, 0.3) is 11.6 Å². The molecule has 0 spiro atoms. The number of methoxy groups -OCH3 is 1. The molecule has 30 heavy (non-hydrogen) atoms. The van der Waals surface area contributed by atoms with E-state index in [1.54, 1.807) is 42.5 Å². The van der Waals surface area contributed by atoms with Gasteiger partial charge in [0.2, 0.25) is 0 Å². The molecular formula is C21H18N4O5. The number of nitrogens with zero attached hydrogens (tertiary/aromatic N) is 3. The minimum Gasteiger partial charge on any atom is -0.493 e. The van der Waals surface area contributed by atoms with Gasteiger partial charge in [0, 0.05) is 30.1 Å². The molecule has 3 aromatic rings. The lowest BCUT2D eigenvalue weighted by Gasteiger charge is -2.11. The second-order valence-electron chi connectivity index (χ2n) is 6.06. The van der Waals surface area contributed by atoms with Crippen LogP contribution in [0.4, 0.5) is 5.69 Å². The standard InChI is InChI=1S/C21H18N4O5/c1-29-20-12-16(13-23-24-21(26)17-8-10-22-11-9-17)4-7-19(20)30-14-15-2-5-18(6-3-15)25(27)28/h2-13H,14H2,1H3,(H,24,26)/b23-13-. The molecule has 152 valence electrons. The molecule has 1 aromatic heterocycles. The Morgan fingerprint density at radius 2 is 1.87 bits per heavy atom. The van der Waals surface area contributed by atoms with E-state index in [4.69, 9.17) is 9.47 Å². The number of carbonyl (C=O) groups excluding carboxylic acids is 1. The number of aromatic nitrogens is 1.